The monoisotopic (exact) mass is 399 g/mol. The number of amidine groups is 1. The summed E-state index contributed by atoms with van der Waals surface area (Å²) < 4.78 is 37.7. The first-order chi connectivity index (χ1) is 13.8. The largest absolute Gasteiger partial charge is 0.430 e. The van der Waals surface area contributed by atoms with Crippen LogP contribution >= 0.6 is 0 Å². The van der Waals surface area contributed by atoms with E-state index in [2.05, 4.69) is 20.3 Å². The number of halogens is 3. The van der Waals surface area contributed by atoms with Gasteiger partial charge in [0, 0.05) is 42.0 Å². The smallest absolute Gasteiger partial charge is 0.395 e. The van der Waals surface area contributed by atoms with Crippen LogP contribution in [0.5, 0.6) is 0 Å². The molecule has 2 aromatic heterocycles. The topological polar surface area (TPSA) is 93.3 Å². The van der Waals surface area contributed by atoms with E-state index in [9.17, 15) is 18.0 Å². The number of rotatable bonds is 3. The highest BCUT2D eigenvalue weighted by Gasteiger charge is 2.31. The lowest BCUT2D eigenvalue weighted by Crippen LogP contribution is -2.31. The highest BCUT2D eigenvalue weighted by Crippen LogP contribution is 2.22. The van der Waals surface area contributed by atoms with Crippen molar-refractivity contribution >= 4 is 22.6 Å². The third-order valence-corrected chi connectivity index (χ3v) is 4.01. The Morgan fingerprint density at radius 2 is 1.97 bits per heavy atom. The minimum absolute atomic E-state index is 0.218. The van der Waals surface area contributed by atoms with E-state index in [4.69, 9.17) is 5.73 Å². The van der Waals surface area contributed by atoms with Gasteiger partial charge in [0.05, 0.1) is 11.2 Å². The summed E-state index contributed by atoms with van der Waals surface area (Å²) in [5.74, 6) is -0.933. The molecule has 0 bridgehead atoms. The number of aromatic nitrogens is 2. The maximum Gasteiger partial charge on any atom is 0.430 e. The van der Waals surface area contributed by atoms with Crippen molar-refractivity contribution in [3.8, 4) is 11.3 Å². The van der Waals surface area contributed by atoms with Gasteiger partial charge in [-0.1, -0.05) is 12.1 Å². The lowest BCUT2D eigenvalue weighted by Gasteiger charge is -2.09. The molecule has 0 fully saturated rings. The molecule has 3 N–H and O–H groups in total. The Kier molecular flexibility index (Phi) is 5.58. The van der Waals surface area contributed by atoms with E-state index >= 15 is 0 Å². The second kappa shape index (κ2) is 8.09. The molecule has 6 nitrogen and oxygen atoms in total. The van der Waals surface area contributed by atoms with Gasteiger partial charge in [-0.25, -0.2) is 0 Å². The van der Waals surface area contributed by atoms with Crippen LogP contribution in [0.4, 0.5) is 13.2 Å². The van der Waals surface area contributed by atoms with Gasteiger partial charge >= 0.3 is 6.18 Å². The summed E-state index contributed by atoms with van der Waals surface area (Å²) in [7, 11) is 1.25. The van der Waals surface area contributed by atoms with Crippen LogP contribution in [-0.4, -0.2) is 34.9 Å². The molecular formula is C20H16F3N5O. The van der Waals surface area contributed by atoms with Crippen molar-refractivity contribution in [2.24, 2.45) is 10.7 Å². The van der Waals surface area contributed by atoms with Crippen LogP contribution in [0.25, 0.3) is 22.2 Å². The van der Waals surface area contributed by atoms with Crippen molar-refractivity contribution in [2.75, 3.05) is 7.05 Å². The number of benzene rings is 1. The molecule has 0 aliphatic heterocycles. The van der Waals surface area contributed by atoms with Gasteiger partial charge in [0.1, 0.15) is 11.5 Å². The Hall–Kier alpha value is -3.75. The number of nitrogens with one attached hydrogen (secondary N) is 1. The van der Waals surface area contributed by atoms with Gasteiger partial charge in [-0.15, -0.1) is 0 Å². The van der Waals surface area contributed by atoms with Crippen molar-refractivity contribution < 1.29 is 18.0 Å². The van der Waals surface area contributed by atoms with Gasteiger partial charge in [-0.3, -0.25) is 19.8 Å². The molecule has 0 spiro atoms. The summed E-state index contributed by atoms with van der Waals surface area (Å²) >= 11 is 0. The number of nitrogens with zero attached hydrogens (tertiary/aromatic N) is 3. The van der Waals surface area contributed by atoms with E-state index in [-0.39, 0.29) is 11.4 Å². The van der Waals surface area contributed by atoms with E-state index in [1.54, 1.807) is 24.5 Å². The number of nitrogens with two attached hydrogens (primary N) is 1. The van der Waals surface area contributed by atoms with Crippen LogP contribution < -0.4 is 11.1 Å². The van der Waals surface area contributed by atoms with Crippen molar-refractivity contribution in [1.29, 1.82) is 0 Å². The molecule has 0 radical (unpaired) electrons. The van der Waals surface area contributed by atoms with E-state index in [1.165, 1.54) is 13.1 Å². The number of carbonyl (C=O) groups excluding carboxylic acids is 1. The normalized spacial score (nSPS) is 12.8. The molecule has 2 heterocycles. The van der Waals surface area contributed by atoms with Crippen molar-refractivity contribution in [2.45, 2.75) is 6.18 Å². The predicted molar refractivity (Wildman–Crippen MR) is 104 cm³/mol. The van der Waals surface area contributed by atoms with Crippen molar-refractivity contribution in [1.82, 2.24) is 15.3 Å². The zero-order valence-electron chi connectivity index (χ0n) is 15.2. The average Bonchev–Trinajstić information content (AvgIpc) is 2.72. The maximum absolute atomic E-state index is 12.6. The van der Waals surface area contributed by atoms with E-state index in [1.807, 2.05) is 24.3 Å². The lowest BCUT2D eigenvalue weighted by atomic mass is 10.1. The Labute approximate surface area is 164 Å². The number of allylic oxidation sites excluding steroid dienone is 1. The Balaban J connectivity index is 1.83. The summed E-state index contributed by atoms with van der Waals surface area (Å²) in [6.45, 7) is 0. The number of carbonyl (C=O) groups is 1. The number of amides is 1. The molecule has 3 aromatic rings. The van der Waals surface area contributed by atoms with Crippen LogP contribution in [0.2, 0.25) is 0 Å². The molecule has 0 aliphatic rings. The van der Waals surface area contributed by atoms with Crippen LogP contribution in [0.3, 0.4) is 0 Å². The molecule has 1 aromatic carbocycles. The Bertz CT molecular complexity index is 1110. The van der Waals surface area contributed by atoms with E-state index < -0.39 is 17.8 Å². The van der Waals surface area contributed by atoms with Crippen LogP contribution in [0, 0.1) is 0 Å². The van der Waals surface area contributed by atoms with Crippen LogP contribution in [0.15, 0.2) is 71.6 Å². The Morgan fingerprint density at radius 1 is 1.17 bits per heavy atom. The molecule has 0 atom stereocenters. The fourth-order valence-corrected chi connectivity index (χ4v) is 2.51. The molecule has 0 unspecified atom stereocenters. The summed E-state index contributed by atoms with van der Waals surface area (Å²) in [4.78, 5) is 24.6. The molecule has 148 valence electrons. The number of aliphatic imine (C=N–C) groups is 1. The predicted octanol–water partition coefficient (Wildman–Crippen LogP) is 3.46. The first-order valence-corrected chi connectivity index (χ1v) is 8.41. The molecule has 1 amide bonds. The maximum atomic E-state index is 12.6. The van der Waals surface area contributed by atoms with Crippen molar-refractivity contribution in [3.05, 3.63) is 72.2 Å². The van der Waals surface area contributed by atoms with Gasteiger partial charge in [-0.2, -0.15) is 13.2 Å². The second-order valence-corrected chi connectivity index (χ2v) is 6.01. The fraction of sp³-hybridized carbons (Fsp3) is 0.100. The molecule has 3 rings (SSSR count). The lowest BCUT2D eigenvalue weighted by molar-refractivity contribution is -0.0925. The molecule has 0 saturated heterocycles. The number of pyridine rings is 2. The molecule has 0 saturated carbocycles. The minimum atomic E-state index is -4.71. The fourth-order valence-electron chi connectivity index (χ4n) is 2.51. The van der Waals surface area contributed by atoms with Crippen LogP contribution in [-0.2, 0) is 0 Å². The minimum Gasteiger partial charge on any atom is -0.395 e. The SMILES string of the molecule is CN=C(/C=C(\N)C(F)(F)F)NC(=O)c1ccc2cc(-c3ccccn3)cnc2c1. The number of alkyl halides is 3. The molecular weight excluding hydrogens is 383 g/mol. The zero-order chi connectivity index (χ0) is 21.0. The third kappa shape index (κ3) is 4.75. The number of hydrogen-bond donors (Lipinski definition) is 2. The van der Waals surface area contributed by atoms with Gasteiger partial charge in [0.25, 0.3) is 5.91 Å². The van der Waals surface area contributed by atoms with Crippen LogP contribution in [0.1, 0.15) is 10.4 Å². The quantitative estimate of drug-likeness (QED) is 0.521. The van der Waals surface area contributed by atoms with Gasteiger partial charge in [0.15, 0.2) is 0 Å². The second-order valence-electron chi connectivity index (χ2n) is 6.01. The summed E-state index contributed by atoms with van der Waals surface area (Å²) in [5, 5.41) is 3.09. The average molecular weight is 399 g/mol. The van der Waals surface area contributed by atoms with E-state index in [0.29, 0.717) is 11.6 Å². The molecule has 0 aliphatic carbocycles. The number of fused-ring (bicyclic) bond motifs is 1. The first kappa shape index (κ1) is 20.0. The van der Waals surface area contributed by atoms with E-state index in [0.717, 1.165) is 16.6 Å². The standard InChI is InChI=1S/C20H16F3N5O/c1-25-18(10-17(24)20(21,22)23)28-19(29)13-6-5-12-8-14(11-27-16(12)9-13)15-4-2-3-7-26-15/h2-11H,24H2,1H3,(H,25,28,29)/b17-10-. The summed E-state index contributed by atoms with van der Waals surface area (Å²) in [6, 6.07) is 12.2. The highest BCUT2D eigenvalue weighted by atomic mass is 19.4. The summed E-state index contributed by atoms with van der Waals surface area (Å²) in [6.07, 6.45) is -0.826. The first-order valence-electron chi connectivity index (χ1n) is 8.41. The highest BCUT2D eigenvalue weighted by molar-refractivity contribution is 6.11. The summed E-state index contributed by atoms with van der Waals surface area (Å²) in [5.41, 5.74) is 5.97. The number of hydrogen-bond acceptors (Lipinski definition) is 5. The van der Waals surface area contributed by atoms with Crippen molar-refractivity contribution in [3.63, 3.8) is 0 Å². The van der Waals surface area contributed by atoms with Gasteiger partial charge in [0.2, 0.25) is 0 Å². The zero-order valence-corrected chi connectivity index (χ0v) is 15.2. The van der Waals surface area contributed by atoms with Gasteiger partial charge in [-0.05, 0) is 30.3 Å². The van der Waals surface area contributed by atoms with Gasteiger partial charge < -0.3 is 11.1 Å². The Morgan fingerprint density at radius 3 is 2.62 bits per heavy atom. The third-order valence-electron chi connectivity index (χ3n) is 4.01. The molecule has 9 heteroatoms. The molecule has 29 heavy (non-hydrogen) atoms.